The molecule has 8 nitrogen and oxygen atoms in total. The first-order valence-corrected chi connectivity index (χ1v) is 23.3. The summed E-state index contributed by atoms with van der Waals surface area (Å²) in [6.07, 6.45) is 45.4. The van der Waals surface area contributed by atoms with Gasteiger partial charge in [0, 0.05) is 13.0 Å². The third kappa shape index (κ3) is 41.6. The summed E-state index contributed by atoms with van der Waals surface area (Å²) in [6, 6.07) is 0. The van der Waals surface area contributed by atoms with Crippen LogP contribution in [0, 0.1) is 0 Å². The Morgan fingerprint density at radius 3 is 1.54 bits per heavy atom. The molecule has 0 aliphatic carbocycles. The highest BCUT2D eigenvalue weighted by molar-refractivity contribution is 7.45. The molecule has 0 radical (unpaired) electrons. The van der Waals surface area contributed by atoms with Crippen molar-refractivity contribution >= 4 is 13.8 Å². The Hall–Kier alpha value is -1.54. The summed E-state index contributed by atoms with van der Waals surface area (Å²) >= 11 is 0. The third-order valence-electron chi connectivity index (χ3n) is 9.10. The van der Waals surface area contributed by atoms with Gasteiger partial charge in [-0.15, -0.1) is 0 Å². The van der Waals surface area contributed by atoms with Gasteiger partial charge in [0.05, 0.1) is 34.4 Å². The summed E-state index contributed by atoms with van der Waals surface area (Å²) in [5.74, 6) is -0.353. The highest BCUT2D eigenvalue weighted by atomic mass is 31.2. The average Bonchev–Trinajstić information content (AvgIpc) is 3.12. The Bertz CT molecular complexity index is 1000. The van der Waals surface area contributed by atoms with Crippen LogP contribution in [0.3, 0.4) is 0 Å². The number of quaternary nitrogens is 1. The molecule has 0 aromatic rings. The SMILES string of the molecule is CCCCC/C=C\C/C=C\CCCCCCCCOCC(COP(=O)([O-])OCC[N+](C)(C)C)OC(=O)CCCCCCC/C=C\C/C=C\CCCCCC. The summed E-state index contributed by atoms with van der Waals surface area (Å²) in [4.78, 5) is 25.0. The molecule has 0 aliphatic rings. The molecule has 0 amide bonds. The van der Waals surface area contributed by atoms with Gasteiger partial charge >= 0.3 is 5.97 Å². The van der Waals surface area contributed by atoms with E-state index in [-0.39, 0.29) is 25.8 Å². The maximum absolute atomic E-state index is 12.7. The molecule has 0 fully saturated rings. The number of carbonyl (C=O) groups is 1. The summed E-state index contributed by atoms with van der Waals surface area (Å²) in [5.41, 5.74) is 0. The van der Waals surface area contributed by atoms with E-state index in [1.807, 2.05) is 21.1 Å². The quantitative estimate of drug-likeness (QED) is 0.0201. The lowest BCUT2D eigenvalue weighted by atomic mass is 10.1. The van der Waals surface area contributed by atoms with Gasteiger partial charge in [-0.1, -0.05) is 140 Å². The van der Waals surface area contributed by atoms with Crippen LogP contribution >= 0.6 is 7.82 Å². The zero-order valence-corrected chi connectivity index (χ0v) is 36.6. The van der Waals surface area contributed by atoms with Crippen LogP contribution in [0.2, 0.25) is 0 Å². The number of allylic oxidation sites excluding steroid dienone is 8. The van der Waals surface area contributed by atoms with Crippen molar-refractivity contribution in [3.8, 4) is 0 Å². The first kappa shape index (κ1) is 52.5. The van der Waals surface area contributed by atoms with Crippen molar-refractivity contribution in [3.63, 3.8) is 0 Å². The van der Waals surface area contributed by atoms with Gasteiger partial charge in [0.1, 0.15) is 19.3 Å². The number of nitrogens with zero attached hydrogens (tertiary/aromatic N) is 1. The molecule has 0 aromatic carbocycles. The predicted octanol–water partition coefficient (Wildman–Crippen LogP) is 12.1. The number of carbonyl (C=O) groups excluding carboxylic acids is 1. The smallest absolute Gasteiger partial charge is 0.306 e. The molecule has 0 heterocycles. The lowest BCUT2D eigenvalue weighted by Crippen LogP contribution is -2.37. The van der Waals surface area contributed by atoms with E-state index in [4.69, 9.17) is 18.5 Å². The first-order chi connectivity index (χ1) is 26.1. The highest BCUT2D eigenvalue weighted by Gasteiger charge is 2.20. The molecular weight excluding hydrogens is 697 g/mol. The maximum Gasteiger partial charge on any atom is 0.306 e. The fourth-order valence-electron chi connectivity index (χ4n) is 5.66. The van der Waals surface area contributed by atoms with E-state index in [1.54, 1.807) is 0 Å². The second-order valence-electron chi connectivity index (χ2n) is 15.7. The molecule has 0 saturated heterocycles. The van der Waals surface area contributed by atoms with Crippen LogP contribution < -0.4 is 4.89 Å². The summed E-state index contributed by atoms with van der Waals surface area (Å²) in [5, 5.41) is 0. The van der Waals surface area contributed by atoms with E-state index in [2.05, 4.69) is 62.5 Å². The minimum Gasteiger partial charge on any atom is -0.756 e. The standard InChI is InChI=1S/C45H84NO7P/c1-6-8-10-12-14-16-18-20-22-24-26-28-30-32-34-36-38-45(47)53-44(43-52-54(48,49)51-41-39-46(3,4)5)42-50-40-37-35-33-31-29-27-25-23-21-19-17-15-13-11-9-7-2/h15-18,21-24,44H,6-14,19-20,25-43H2,1-5H3/b17-15-,18-16-,23-21-,24-22-. The maximum atomic E-state index is 12.7. The monoisotopic (exact) mass is 782 g/mol. The molecule has 2 atom stereocenters. The Morgan fingerprint density at radius 1 is 0.574 bits per heavy atom. The number of hydrogen-bond acceptors (Lipinski definition) is 7. The lowest BCUT2D eigenvalue weighted by Gasteiger charge is -2.28. The average molecular weight is 782 g/mol. The zero-order valence-electron chi connectivity index (χ0n) is 35.7. The fourth-order valence-corrected chi connectivity index (χ4v) is 6.39. The second-order valence-corrected chi connectivity index (χ2v) is 17.1. The number of ether oxygens (including phenoxy) is 2. The van der Waals surface area contributed by atoms with Crippen molar-refractivity contribution < 1.29 is 37.3 Å². The molecule has 0 saturated carbocycles. The molecule has 0 spiro atoms. The number of rotatable bonds is 40. The molecule has 2 unspecified atom stereocenters. The van der Waals surface area contributed by atoms with E-state index >= 15 is 0 Å². The van der Waals surface area contributed by atoms with Crippen LogP contribution in [0.4, 0.5) is 0 Å². The molecule has 0 aromatic heterocycles. The van der Waals surface area contributed by atoms with Gasteiger partial charge in [0.2, 0.25) is 0 Å². The number of likely N-dealkylation sites (N-methyl/N-ethyl adjacent to an activating group) is 1. The van der Waals surface area contributed by atoms with Gasteiger partial charge in [0.25, 0.3) is 7.82 Å². The molecule has 0 N–H and O–H groups in total. The molecule has 316 valence electrons. The number of esters is 1. The molecule has 0 bridgehead atoms. The fraction of sp³-hybridized carbons (Fsp3) is 0.800. The minimum atomic E-state index is -4.53. The van der Waals surface area contributed by atoms with E-state index in [0.29, 0.717) is 24.1 Å². The van der Waals surface area contributed by atoms with Crippen LogP contribution in [-0.4, -0.2) is 70.7 Å². The van der Waals surface area contributed by atoms with Crippen molar-refractivity contribution in [2.24, 2.45) is 0 Å². The van der Waals surface area contributed by atoms with Gasteiger partial charge in [-0.2, -0.15) is 0 Å². The zero-order chi connectivity index (χ0) is 39.9. The summed E-state index contributed by atoms with van der Waals surface area (Å²) < 4.78 is 34.6. The topological polar surface area (TPSA) is 94.1 Å². The highest BCUT2D eigenvalue weighted by Crippen LogP contribution is 2.38. The third-order valence-corrected chi connectivity index (χ3v) is 10.1. The van der Waals surface area contributed by atoms with Crippen molar-refractivity contribution in [2.45, 2.75) is 180 Å². The molecule has 0 aliphatic heterocycles. The van der Waals surface area contributed by atoms with Crippen LogP contribution in [0.25, 0.3) is 0 Å². The summed E-state index contributed by atoms with van der Waals surface area (Å²) in [6.45, 7) is 5.32. The number of phosphoric acid groups is 1. The van der Waals surface area contributed by atoms with Crippen molar-refractivity contribution in [1.82, 2.24) is 0 Å². The van der Waals surface area contributed by atoms with Gasteiger partial charge in [-0.3, -0.25) is 9.36 Å². The normalized spacial score (nSPS) is 14.3. The van der Waals surface area contributed by atoms with Crippen LogP contribution in [0.15, 0.2) is 48.6 Å². The van der Waals surface area contributed by atoms with Crippen molar-refractivity contribution in [3.05, 3.63) is 48.6 Å². The van der Waals surface area contributed by atoms with E-state index in [9.17, 15) is 14.3 Å². The van der Waals surface area contributed by atoms with Crippen LogP contribution in [0.1, 0.15) is 174 Å². The Kier molecular flexibility index (Phi) is 37.2. The van der Waals surface area contributed by atoms with Crippen LogP contribution in [-0.2, 0) is 27.9 Å². The van der Waals surface area contributed by atoms with Crippen molar-refractivity contribution in [2.75, 3.05) is 54.1 Å². The first-order valence-electron chi connectivity index (χ1n) is 21.9. The minimum absolute atomic E-state index is 0.0195. The summed E-state index contributed by atoms with van der Waals surface area (Å²) in [7, 11) is 1.33. The van der Waals surface area contributed by atoms with Crippen molar-refractivity contribution in [1.29, 1.82) is 0 Å². The second kappa shape index (κ2) is 38.3. The Balaban J connectivity index is 4.30. The van der Waals surface area contributed by atoms with Gasteiger partial charge in [-0.25, -0.2) is 0 Å². The number of phosphoric ester groups is 1. The Labute approximate surface area is 333 Å². The Morgan fingerprint density at radius 2 is 1.02 bits per heavy atom. The number of unbranched alkanes of at least 4 members (excludes halogenated alkanes) is 18. The largest absolute Gasteiger partial charge is 0.756 e. The number of hydrogen-bond donors (Lipinski definition) is 0. The van der Waals surface area contributed by atoms with Gasteiger partial charge < -0.3 is 27.9 Å². The predicted molar refractivity (Wildman–Crippen MR) is 226 cm³/mol. The lowest BCUT2D eigenvalue weighted by molar-refractivity contribution is -0.870. The van der Waals surface area contributed by atoms with Gasteiger partial charge in [-0.05, 0) is 77.0 Å². The molecule has 9 heteroatoms. The van der Waals surface area contributed by atoms with E-state index in [0.717, 1.165) is 77.0 Å². The van der Waals surface area contributed by atoms with Crippen LogP contribution in [0.5, 0.6) is 0 Å². The molecule has 0 rings (SSSR count). The van der Waals surface area contributed by atoms with E-state index in [1.165, 1.54) is 77.0 Å². The molecule has 54 heavy (non-hydrogen) atoms. The van der Waals surface area contributed by atoms with E-state index < -0.39 is 13.9 Å². The molecular formula is C45H84NO7P. The van der Waals surface area contributed by atoms with Gasteiger partial charge in [0.15, 0.2) is 0 Å².